The lowest BCUT2D eigenvalue weighted by atomic mass is 10.2. The maximum atomic E-state index is 12.1. The molecule has 0 saturated heterocycles. The van der Waals surface area contributed by atoms with E-state index in [1.807, 2.05) is 0 Å². The van der Waals surface area contributed by atoms with Crippen LogP contribution in [0.1, 0.15) is 5.56 Å². The van der Waals surface area contributed by atoms with Crippen LogP contribution >= 0.6 is 0 Å². The number of halogens is 3. The minimum atomic E-state index is -4.39. The summed E-state index contributed by atoms with van der Waals surface area (Å²) in [6, 6.07) is 6.28. The molecule has 1 aromatic rings. The molecule has 2 N–H and O–H groups in total. The second-order valence-electron chi connectivity index (χ2n) is 3.82. The molecule has 0 heterocycles. The normalized spacial score (nSPS) is 11.2. The molecule has 0 bridgehead atoms. The highest BCUT2D eigenvalue weighted by Gasteiger charge is 2.28. The first-order valence-corrected chi connectivity index (χ1v) is 5.61. The molecule has 0 spiro atoms. The van der Waals surface area contributed by atoms with Crippen LogP contribution in [0, 0.1) is 0 Å². The van der Waals surface area contributed by atoms with Crippen LogP contribution in [-0.4, -0.2) is 32.3 Å². The van der Waals surface area contributed by atoms with Gasteiger partial charge < -0.3 is 15.4 Å². The molecule has 106 valence electrons. The Kier molecular flexibility index (Phi) is 5.62. The lowest BCUT2D eigenvalue weighted by Gasteiger charge is -2.13. The largest absolute Gasteiger partial charge is 0.484 e. The highest BCUT2D eigenvalue weighted by Crippen LogP contribution is 2.21. The third-order valence-corrected chi connectivity index (χ3v) is 2.18. The lowest BCUT2D eigenvalue weighted by molar-refractivity contribution is -0.153. The molecular weight excluding hydrogens is 261 g/mol. The van der Waals surface area contributed by atoms with Gasteiger partial charge in [0, 0.05) is 12.1 Å². The van der Waals surface area contributed by atoms with E-state index in [-0.39, 0.29) is 24.7 Å². The highest BCUT2D eigenvalue weighted by molar-refractivity contribution is 5.77. The summed E-state index contributed by atoms with van der Waals surface area (Å²) >= 11 is 0. The van der Waals surface area contributed by atoms with Crippen molar-refractivity contribution in [2.45, 2.75) is 12.7 Å². The number of rotatable bonds is 6. The van der Waals surface area contributed by atoms with Gasteiger partial charge in [-0.15, -0.1) is 0 Å². The van der Waals surface area contributed by atoms with Crippen LogP contribution in [-0.2, 0) is 11.3 Å². The third kappa shape index (κ3) is 6.10. The van der Waals surface area contributed by atoms with Crippen molar-refractivity contribution in [3.8, 4) is 5.75 Å². The van der Waals surface area contributed by atoms with Crippen LogP contribution < -0.4 is 15.4 Å². The van der Waals surface area contributed by atoms with Gasteiger partial charge in [0.15, 0.2) is 6.61 Å². The summed E-state index contributed by atoms with van der Waals surface area (Å²) in [5, 5.41) is 5.25. The quantitative estimate of drug-likeness (QED) is 0.827. The fourth-order valence-corrected chi connectivity index (χ4v) is 1.37. The minimum Gasteiger partial charge on any atom is -0.484 e. The lowest BCUT2D eigenvalue weighted by Crippen LogP contribution is -2.31. The van der Waals surface area contributed by atoms with Gasteiger partial charge in [0.1, 0.15) is 5.75 Å². The van der Waals surface area contributed by atoms with E-state index in [0.29, 0.717) is 5.56 Å². The number of hydrogen-bond donors (Lipinski definition) is 2. The summed E-state index contributed by atoms with van der Waals surface area (Å²) in [6.45, 7) is -1.09. The van der Waals surface area contributed by atoms with Crippen molar-refractivity contribution < 1.29 is 22.7 Å². The van der Waals surface area contributed by atoms with Crippen molar-refractivity contribution in [3.05, 3.63) is 29.8 Å². The first-order chi connectivity index (χ1) is 8.92. The highest BCUT2D eigenvalue weighted by atomic mass is 19.4. The maximum Gasteiger partial charge on any atom is 0.422 e. The van der Waals surface area contributed by atoms with Gasteiger partial charge in [0.05, 0.1) is 6.54 Å². The van der Waals surface area contributed by atoms with Gasteiger partial charge in [-0.1, -0.05) is 18.2 Å². The summed E-state index contributed by atoms with van der Waals surface area (Å²) in [7, 11) is 1.62. The van der Waals surface area contributed by atoms with E-state index in [1.165, 1.54) is 6.07 Å². The predicted octanol–water partition coefficient (Wildman–Crippen LogP) is 1.46. The molecule has 0 aliphatic heterocycles. The van der Waals surface area contributed by atoms with Gasteiger partial charge in [-0.25, -0.2) is 0 Å². The molecule has 1 aromatic carbocycles. The number of carbonyl (C=O) groups excluding carboxylic acids is 1. The van der Waals surface area contributed by atoms with Crippen LogP contribution in [0.4, 0.5) is 13.2 Å². The van der Waals surface area contributed by atoms with Gasteiger partial charge >= 0.3 is 6.18 Å². The molecule has 19 heavy (non-hydrogen) atoms. The minimum absolute atomic E-state index is 0.115. The van der Waals surface area contributed by atoms with E-state index in [9.17, 15) is 18.0 Å². The molecule has 1 amide bonds. The van der Waals surface area contributed by atoms with Crippen molar-refractivity contribution >= 4 is 5.91 Å². The zero-order chi connectivity index (χ0) is 14.3. The molecule has 0 aliphatic carbocycles. The maximum absolute atomic E-state index is 12.1. The number of hydrogen-bond acceptors (Lipinski definition) is 3. The standard InChI is InChI=1S/C12H15F3N2O2/c1-16-7-11(18)17-6-9-4-2-3-5-10(9)19-8-12(13,14)15/h2-5,16H,6-8H2,1H3,(H,17,18). The molecule has 0 saturated carbocycles. The first kappa shape index (κ1) is 15.3. The zero-order valence-corrected chi connectivity index (χ0v) is 10.4. The number of amides is 1. The fraction of sp³-hybridized carbons (Fsp3) is 0.417. The SMILES string of the molecule is CNCC(=O)NCc1ccccc1OCC(F)(F)F. The van der Waals surface area contributed by atoms with Crippen LogP contribution in [0.25, 0.3) is 0 Å². The molecule has 0 atom stereocenters. The smallest absolute Gasteiger partial charge is 0.422 e. The Morgan fingerprint density at radius 1 is 1.32 bits per heavy atom. The predicted molar refractivity (Wildman–Crippen MR) is 63.8 cm³/mol. The number of benzene rings is 1. The van der Waals surface area contributed by atoms with E-state index < -0.39 is 12.8 Å². The molecule has 0 aliphatic rings. The van der Waals surface area contributed by atoms with E-state index in [1.54, 1.807) is 25.2 Å². The van der Waals surface area contributed by atoms with Crippen molar-refractivity contribution in [2.75, 3.05) is 20.2 Å². The second kappa shape index (κ2) is 6.98. The Labute approximate surface area is 108 Å². The monoisotopic (exact) mass is 276 g/mol. The Morgan fingerprint density at radius 2 is 2.00 bits per heavy atom. The summed E-state index contributed by atoms with van der Waals surface area (Å²) in [6.07, 6.45) is -4.39. The molecule has 7 heteroatoms. The summed E-state index contributed by atoms with van der Waals surface area (Å²) in [4.78, 5) is 11.3. The molecular formula is C12H15F3N2O2. The fourth-order valence-electron chi connectivity index (χ4n) is 1.37. The number of carbonyl (C=O) groups is 1. The van der Waals surface area contributed by atoms with Gasteiger partial charge in [0.2, 0.25) is 5.91 Å². The number of para-hydroxylation sites is 1. The summed E-state index contributed by atoms with van der Waals surface area (Å²) < 4.78 is 41.0. The number of likely N-dealkylation sites (N-methyl/N-ethyl adjacent to an activating group) is 1. The Hall–Kier alpha value is -1.76. The van der Waals surface area contributed by atoms with E-state index in [4.69, 9.17) is 4.74 Å². The van der Waals surface area contributed by atoms with Crippen molar-refractivity contribution in [3.63, 3.8) is 0 Å². The summed E-state index contributed by atoms with van der Waals surface area (Å²) in [5.41, 5.74) is 0.496. The van der Waals surface area contributed by atoms with Crippen molar-refractivity contribution in [2.24, 2.45) is 0 Å². The molecule has 4 nitrogen and oxygen atoms in total. The zero-order valence-electron chi connectivity index (χ0n) is 10.4. The van der Waals surface area contributed by atoms with E-state index >= 15 is 0 Å². The molecule has 1 rings (SSSR count). The van der Waals surface area contributed by atoms with Crippen LogP contribution in [0.3, 0.4) is 0 Å². The number of nitrogens with one attached hydrogen (secondary N) is 2. The van der Waals surface area contributed by atoms with Crippen LogP contribution in [0.5, 0.6) is 5.75 Å². The van der Waals surface area contributed by atoms with Crippen molar-refractivity contribution in [1.29, 1.82) is 0 Å². The third-order valence-electron chi connectivity index (χ3n) is 2.18. The van der Waals surface area contributed by atoms with E-state index in [2.05, 4.69) is 10.6 Å². The number of ether oxygens (including phenoxy) is 1. The first-order valence-electron chi connectivity index (χ1n) is 5.61. The van der Waals surface area contributed by atoms with Crippen LogP contribution in [0.2, 0.25) is 0 Å². The van der Waals surface area contributed by atoms with Crippen molar-refractivity contribution in [1.82, 2.24) is 10.6 Å². The van der Waals surface area contributed by atoms with E-state index in [0.717, 1.165) is 0 Å². The second-order valence-corrected chi connectivity index (χ2v) is 3.82. The molecule has 0 fully saturated rings. The number of alkyl halides is 3. The average molecular weight is 276 g/mol. The Morgan fingerprint density at radius 3 is 2.63 bits per heavy atom. The van der Waals surface area contributed by atoms with Gasteiger partial charge in [-0.05, 0) is 13.1 Å². The van der Waals surface area contributed by atoms with Gasteiger partial charge in [0.25, 0.3) is 0 Å². The average Bonchev–Trinajstić information content (AvgIpc) is 2.34. The summed E-state index contributed by atoms with van der Waals surface area (Å²) in [5.74, 6) is -0.127. The van der Waals surface area contributed by atoms with Gasteiger partial charge in [-0.2, -0.15) is 13.2 Å². The topological polar surface area (TPSA) is 50.4 Å². The molecule has 0 radical (unpaired) electrons. The Bertz CT molecular complexity index is 422. The van der Waals surface area contributed by atoms with Crippen LogP contribution in [0.15, 0.2) is 24.3 Å². The Balaban J connectivity index is 2.60. The molecule has 0 aromatic heterocycles. The van der Waals surface area contributed by atoms with Gasteiger partial charge in [-0.3, -0.25) is 4.79 Å². The molecule has 0 unspecified atom stereocenters.